The first-order chi connectivity index (χ1) is 12.6. The number of carbonyl (C=O) groups is 3. The van der Waals surface area contributed by atoms with Crippen molar-refractivity contribution in [1.29, 1.82) is 0 Å². The van der Waals surface area contributed by atoms with Crippen molar-refractivity contribution in [3.63, 3.8) is 0 Å². The third-order valence-electron chi connectivity index (χ3n) is 4.04. The second kappa shape index (κ2) is 8.83. The van der Waals surface area contributed by atoms with Gasteiger partial charge in [-0.05, 0) is 52.7 Å². The summed E-state index contributed by atoms with van der Waals surface area (Å²) in [7, 11) is 0. The molecule has 1 fully saturated rings. The zero-order valence-electron chi connectivity index (χ0n) is 16.3. The Bertz CT molecular complexity index is 674. The summed E-state index contributed by atoms with van der Waals surface area (Å²) in [5.74, 6) is -0.513. The summed E-state index contributed by atoms with van der Waals surface area (Å²) in [6.45, 7) is 7.85. The molecule has 0 aromatic carbocycles. The number of aromatic nitrogens is 1. The van der Waals surface area contributed by atoms with Gasteiger partial charge in [-0.1, -0.05) is 0 Å². The van der Waals surface area contributed by atoms with Gasteiger partial charge in [-0.2, -0.15) is 0 Å². The monoisotopic (exact) mass is 377 g/mol. The summed E-state index contributed by atoms with van der Waals surface area (Å²) >= 11 is 0. The number of ether oxygens (including phenoxy) is 2. The maximum atomic E-state index is 12.2. The lowest BCUT2D eigenvalue weighted by Gasteiger charge is -2.30. The molecule has 0 spiro atoms. The third-order valence-corrected chi connectivity index (χ3v) is 4.04. The van der Waals surface area contributed by atoms with Gasteiger partial charge in [-0.25, -0.2) is 4.79 Å². The third kappa shape index (κ3) is 6.88. The van der Waals surface area contributed by atoms with Crippen molar-refractivity contribution in [3.8, 4) is 5.75 Å². The number of nitrogens with zero attached hydrogens (tertiary/aromatic N) is 2. The molecule has 0 unspecified atom stereocenters. The van der Waals surface area contributed by atoms with Gasteiger partial charge < -0.3 is 19.7 Å². The highest BCUT2D eigenvalue weighted by molar-refractivity contribution is 5.84. The predicted molar refractivity (Wildman–Crippen MR) is 98.1 cm³/mol. The van der Waals surface area contributed by atoms with E-state index in [1.54, 1.807) is 37.8 Å². The van der Waals surface area contributed by atoms with Crippen LogP contribution in [0.3, 0.4) is 0 Å². The second-order valence-corrected chi connectivity index (χ2v) is 7.57. The SMILES string of the molecule is Cc1ccc(OC(=O)N2CCC(C(=O)NCC(=O)OC(C)(C)C)CC2)cn1. The van der Waals surface area contributed by atoms with Crippen molar-refractivity contribution in [3.05, 3.63) is 24.0 Å². The van der Waals surface area contributed by atoms with Crippen LogP contribution in [-0.4, -0.2) is 53.1 Å². The first kappa shape index (κ1) is 20.7. The Morgan fingerprint density at radius 1 is 1.22 bits per heavy atom. The van der Waals surface area contributed by atoms with Crippen LogP contribution in [0.1, 0.15) is 39.3 Å². The molecule has 1 aromatic heterocycles. The maximum absolute atomic E-state index is 12.2. The highest BCUT2D eigenvalue weighted by Gasteiger charge is 2.29. The van der Waals surface area contributed by atoms with E-state index in [1.807, 2.05) is 6.92 Å². The number of amides is 2. The summed E-state index contributed by atoms with van der Waals surface area (Å²) < 4.78 is 10.5. The molecule has 0 atom stereocenters. The standard InChI is InChI=1S/C19H27N3O5/c1-13-5-6-15(11-20-13)26-18(25)22-9-7-14(8-10-22)17(24)21-12-16(23)27-19(2,3)4/h5-6,11,14H,7-10,12H2,1-4H3,(H,21,24). The van der Waals surface area contributed by atoms with E-state index in [9.17, 15) is 14.4 Å². The molecule has 2 heterocycles. The van der Waals surface area contributed by atoms with Crippen LogP contribution >= 0.6 is 0 Å². The van der Waals surface area contributed by atoms with Crippen LogP contribution in [0.5, 0.6) is 5.75 Å². The van der Waals surface area contributed by atoms with Gasteiger partial charge in [0.05, 0.1) is 6.20 Å². The van der Waals surface area contributed by atoms with E-state index in [2.05, 4.69) is 10.3 Å². The largest absolute Gasteiger partial charge is 0.459 e. The Morgan fingerprint density at radius 3 is 2.44 bits per heavy atom. The van der Waals surface area contributed by atoms with Gasteiger partial charge in [-0.3, -0.25) is 14.6 Å². The number of carbonyl (C=O) groups excluding carboxylic acids is 3. The number of likely N-dealkylation sites (tertiary alicyclic amines) is 1. The van der Waals surface area contributed by atoms with Crippen molar-refractivity contribution in [2.45, 2.75) is 46.1 Å². The van der Waals surface area contributed by atoms with Gasteiger partial charge in [0.1, 0.15) is 12.1 Å². The zero-order valence-corrected chi connectivity index (χ0v) is 16.3. The Kier molecular flexibility index (Phi) is 6.76. The molecule has 1 saturated heterocycles. The van der Waals surface area contributed by atoms with Crippen molar-refractivity contribution < 1.29 is 23.9 Å². The van der Waals surface area contributed by atoms with Gasteiger partial charge in [0.15, 0.2) is 5.75 Å². The molecule has 27 heavy (non-hydrogen) atoms. The fourth-order valence-corrected chi connectivity index (χ4v) is 2.69. The normalized spacial score (nSPS) is 15.2. The van der Waals surface area contributed by atoms with Crippen molar-refractivity contribution in [2.75, 3.05) is 19.6 Å². The molecule has 8 heteroatoms. The Labute approximate surface area is 159 Å². The molecule has 2 rings (SSSR count). The van der Waals surface area contributed by atoms with Crippen LogP contribution in [0.4, 0.5) is 4.79 Å². The minimum Gasteiger partial charge on any atom is -0.459 e. The lowest BCUT2D eigenvalue weighted by molar-refractivity contribution is -0.154. The van der Waals surface area contributed by atoms with Crippen molar-refractivity contribution >= 4 is 18.0 Å². The van der Waals surface area contributed by atoms with E-state index >= 15 is 0 Å². The van der Waals surface area contributed by atoms with Crippen molar-refractivity contribution in [1.82, 2.24) is 15.2 Å². The molecule has 1 aromatic rings. The first-order valence-electron chi connectivity index (χ1n) is 9.03. The number of nitrogens with one attached hydrogen (secondary N) is 1. The van der Waals surface area contributed by atoms with E-state index < -0.39 is 17.7 Å². The summed E-state index contributed by atoms with van der Waals surface area (Å²) in [6.07, 6.45) is 2.08. The highest BCUT2D eigenvalue weighted by Crippen LogP contribution is 2.19. The predicted octanol–water partition coefficient (Wildman–Crippen LogP) is 2.06. The number of piperidine rings is 1. The average molecular weight is 377 g/mol. The molecule has 8 nitrogen and oxygen atoms in total. The second-order valence-electron chi connectivity index (χ2n) is 7.57. The lowest BCUT2D eigenvalue weighted by atomic mass is 9.96. The average Bonchev–Trinajstić information content (AvgIpc) is 2.60. The first-order valence-corrected chi connectivity index (χ1v) is 9.03. The van der Waals surface area contributed by atoms with Crippen LogP contribution in [-0.2, 0) is 14.3 Å². The number of pyridine rings is 1. The van der Waals surface area contributed by atoms with E-state index in [-0.39, 0.29) is 18.4 Å². The topological polar surface area (TPSA) is 97.8 Å². The number of hydrogen-bond donors (Lipinski definition) is 1. The summed E-state index contributed by atoms with van der Waals surface area (Å²) in [5.41, 5.74) is 0.258. The molecule has 1 aliphatic heterocycles. The maximum Gasteiger partial charge on any atom is 0.415 e. The van der Waals surface area contributed by atoms with E-state index in [4.69, 9.17) is 9.47 Å². The number of rotatable bonds is 4. The van der Waals surface area contributed by atoms with Gasteiger partial charge in [0, 0.05) is 24.7 Å². The van der Waals surface area contributed by atoms with Crippen LogP contribution in [0.25, 0.3) is 0 Å². The van der Waals surface area contributed by atoms with Crippen LogP contribution in [0.2, 0.25) is 0 Å². The van der Waals surface area contributed by atoms with Gasteiger partial charge in [-0.15, -0.1) is 0 Å². The summed E-state index contributed by atoms with van der Waals surface area (Å²) in [6, 6.07) is 3.46. The quantitative estimate of drug-likeness (QED) is 0.807. The molecule has 148 valence electrons. The lowest BCUT2D eigenvalue weighted by Crippen LogP contribution is -2.45. The molecule has 0 saturated carbocycles. The molecule has 1 aliphatic rings. The van der Waals surface area contributed by atoms with E-state index in [1.165, 1.54) is 6.20 Å². The van der Waals surface area contributed by atoms with Crippen molar-refractivity contribution in [2.24, 2.45) is 5.92 Å². The van der Waals surface area contributed by atoms with E-state index in [0.29, 0.717) is 31.7 Å². The Morgan fingerprint density at radius 2 is 1.89 bits per heavy atom. The fraction of sp³-hybridized carbons (Fsp3) is 0.579. The molecule has 1 N–H and O–H groups in total. The zero-order chi connectivity index (χ0) is 20.0. The van der Waals surface area contributed by atoms with Gasteiger partial charge in [0.25, 0.3) is 0 Å². The Balaban J connectivity index is 1.74. The number of esters is 1. The number of aryl methyl sites for hydroxylation is 1. The molecular weight excluding hydrogens is 350 g/mol. The molecule has 0 radical (unpaired) electrons. The molecule has 2 amide bonds. The Hall–Kier alpha value is -2.64. The van der Waals surface area contributed by atoms with E-state index in [0.717, 1.165) is 5.69 Å². The van der Waals surface area contributed by atoms with Gasteiger partial charge >= 0.3 is 12.1 Å². The molecule has 0 aliphatic carbocycles. The van der Waals surface area contributed by atoms with Gasteiger partial charge in [0.2, 0.25) is 5.91 Å². The van der Waals surface area contributed by atoms with Crippen LogP contribution in [0.15, 0.2) is 18.3 Å². The number of hydrogen-bond acceptors (Lipinski definition) is 6. The van der Waals surface area contributed by atoms with Crippen LogP contribution < -0.4 is 10.1 Å². The highest BCUT2D eigenvalue weighted by atomic mass is 16.6. The fourth-order valence-electron chi connectivity index (χ4n) is 2.69. The minimum absolute atomic E-state index is 0.154. The summed E-state index contributed by atoms with van der Waals surface area (Å²) in [5, 5.41) is 2.61. The molecule has 0 bridgehead atoms. The smallest absolute Gasteiger partial charge is 0.415 e. The summed E-state index contributed by atoms with van der Waals surface area (Å²) in [4.78, 5) is 41.7. The van der Waals surface area contributed by atoms with Crippen LogP contribution in [0, 0.1) is 12.8 Å². The minimum atomic E-state index is -0.583. The molecular formula is C19H27N3O5.